The normalized spacial score (nSPS) is 13.2. The Morgan fingerprint density at radius 2 is 2.42 bits per heavy atom. The molecule has 1 atom stereocenters. The van der Waals surface area contributed by atoms with Gasteiger partial charge in [-0.2, -0.15) is 0 Å². The number of hydrogen-bond acceptors (Lipinski definition) is 3. The summed E-state index contributed by atoms with van der Waals surface area (Å²) in [4.78, 5) is 5.44. The van der Waals surface area contributed by atoms with E-state index in [1.165, 1.54) is 17.7 Å². The van der Waals surface area contributed by atoms with Gasteiger partial charge >= 0.3 is 0 Å². The average molecular weight is 184 g/mol. The monoisotopic (exact) mass is 184 g/mol. The number of hydrogen-bond donors (Lipinski definition) is 1. The van der Waals surface area contributed by atoms with E-state index < -0.39 is 0 Å². The molecule has 1 heterocycles. The van der Waals surface area contributed by atoms with Crippen LogP contribution in [0.5, 0.6) is 0 Å². The van der Waals surface area contributed by atoms with Crippen molar-refractivity contribution in [1.82, 2.24) is 4.98 Å². The van der Waals surface area contributed by atoms with Gasteiger partial charge in [-0.3, -0.25) is 0 Å². The van der Waals surface area contributed by atoms with Gasteiger partial charge in [-0.1, -0.05) is 19.8 Å². The van der Waals surface area contributed by atoms with Crippen molar-refractivity contribution in [1.29, 1.82) is 0 Å². The van der Waals surface area contributed by atoms with Gasteiger partial charge in [0.2, 0.25) is 0 Å². The molecule has 0 aliphatic rings. The number of rotatable bonds is 4. The summed E-state index contributed by atoms with van der Waals surface area (Å²) in [7, 11) is 0. The van der Waals surface area contributed by atoms with Crippen LogP contribution < -0.4 is 5.73 Å². The van der Waals surface area contributed by atoms with E-state index in [0.717, 1.165) is 12.1 Å². The zero-order valence-corrected chi connectivity index (χ0v) is 8.53. The summed E-state index contributed by atoms with van der Waals surface area (Å²) in [6.07, 6.45) is 3.50. The molecular formula is C9H16N2S. The quantitative estimate of drug-likeness (QED) is 0.781. The molecule has 68 valence electrons. The summed E-state index contributed by atoms with van der Waals surface area (Å²) < 4.78 is 0. The largest absolute Gasteiger partial charge is 0.323 e. The van der Waals surface area contributed by atoms with Gasteiger partial charge in [0.05, 0.1) is 11.2 Å². The fraction of sp³-hybridized carbons (Fsp3) is 0.667. The molecule has 0 aliphatic carbocycles. The molecule has 0 aromatic carbocycles. The topological polar surface area (TPSA) is 38.9 Å². The van der Waals surface area contributed by atoms with Crippen LogP contribution in [-0.4, -0.2) is 4.98 Å². The minimum absolute atomic E-state index is 0.206. The van der Waals surface area contributed by atoms with Gasteiger partial charge in [-0.25, -0.2) is 4.98 Å². The summed E-state index contributed by atoms with van der Waals surface area (Å²) in [6.45, 7) is 4.21. The molecule has 0 amide bonds. The third-order valence-corrected chi connectivity index (χ3v) is 3.05. The molecule has 2 nitrogen and oxygen atoms in total. The van der Waals surface area contributed by atoms with Crippen molar-refractivity contribution in [3.8, 4) is 0 Å². The van der Waals surface area contributed by atoms with Crippen LogP contribution in [0.3, 0.4) is 0 Å². The zero-order valence-electron chi connectivity index (χ0n) is 7.71. The summed E-state index contributed by atoms with van der Waals surface area (Å²) in [5, 5.41) is 0. The highest BCUT2D eigenvalue weighted by atomic mass is 32.1. The second kappa shape index (κ2) is 4.58. The molecule has 0 fully saturated rings. The summed E-state index contributed by atoms with van der Waals surface area (Å²) in [5.41, 5.74) is 8.97. The minimum atomic E-state index is 0.206. The van der Waals surface area contributed by atoms with Crippen molar-refractivity contribution in [2.45, 2.75) is 39.2 Å². The predicted octanol–water partition coefficient (Wildman–Crippen LogP) is 2.64. The maximum Gasteiger partial charge on any atom is 0.0798 e. The van der Waals surface area contributed by atoms with Crippen LogP contribution in [0.2, 0.25) is 0 Å². The summed E-state index contributed by atoms with van der Waals surface area (Å²) in [6, 6.07) is 0.206. The molecule has 12 heavy (non-hydrogen) atoms. The van der Waals surface area contributed by atoms with Gasteiger partial charge in [-0.05, 0) is 13.3 Å². The van der Waals surface area contributed by atoms with E-state index in [1.807, 2.05) is 12.4 Å². The van der Waals surface area contributed by atoms with Crippen LogP contribution in [0.4, 0.5) is 0 Å². The van der Waals surface area contributed by atoms with Crippen molar-refractivity contribution < 1.29 is 0 Å². The SMILES string of the molecule is CCCCC(N)c1scnc1C. The highest BCUT2D eigenvalue weighted by molar-refractivity contribution is 7.09. The van der Waals surface area contributed by atoms with Crippen LogP contribution in [0.15, 0.2) is 5.51 Å². The van der Waals surface area contributed by atoms with Crippen LogP contribution in [0.25, 0.3) is 0 Å². The van der Waals surface area contributed by atoms with E-state index in [4.69, 9.17) is 5.73 Å². The first-order valence-corrected chi connectivity index (χ1v) is 5.29. The fourth-order valence-electron chi connectivity index (χ4n) is 1.22. The Kier molecular flexibility index (Phi) is 3.69. The van der Waals surface area contributed by atoms with Crippen molar-refractivity contribution in [2.75, 3.05) is 0 Å². The second-order valence-electron chi connectivity index (χ2n) is 3.05. The Morgan fingerprint density at radius 1 is 1.67 bits per heavy atom. The molecule has 0 radical (unpaired) electrons. The first-order chi connectivity index (χ1) is 5.75. The highest BCUT2D eigenvalue weighted by Gasteiger charge is 2.09. The first-order valence-electron chi connectivity index (χ1n) is 4.41. The van der Waals surface area contributed by atoms with Crippen molar-refractivity contribution in [3.05, 3.63) is 16.1 Å². The zero-order chi connectivity index (χ0) is 8.97. The number of nitrogens with two attached hydrogens (primary N) is 1. The molecule has 1 aromatic rings. The Labute approximate surface area is 77.8 Å². The molecule has 0 spiro atoms. The molecule has 0 saturated carbocycles. The van der Waals surface area contributed by atoms with Gasteiger partial charge in [0.1, 0.15) is 0 Å². The van der Waals surface area contributed by atoms with Gasteiger partial charge in [0.25, 0.3) is 0 Å². The lowest BCUT2D eigenvalue weighted by molar-refractivity contribution is 0.608. The summed E-state index contributed by atoms with van der Waals surface area (Å²) in [5.74, 6) is 0. The number of aromatic nitrogens is 1. The maximum absolute atomic E-state index is 6.00. The lowest BCUT2D eigenvalue weighted by Gasteiger charge is -2.08. The van der Waals surface area contributed by atoms with Crippen LogP contribution in [0.1, 0.15) is 42.8 Å². The Hall–Kier alpha value is -0.410. The van der Waals surface area contributed by atoms with Gasteiger partial charge < -0.3 is 5.73 Å². The smallest absolute Gasteiger partial charge is 0.0798 e. The van der Waals surface area contributed by atoms with Crippen LogP contribution >= 0.6 is 11.3 Å². The molecule has 0 saturated heterocycles. The lowest BCUT2D eigenvalue weighted by atomic mass is 10.1. The minimum Gasteiger partial charge on any atom is -0.323 e. The van der Waals surface area contributed by atoms with Crippen molar-refractivity contribution in [3.63, 3.8) is 0 Å². The molecule has 0 aliphatic heterocycles. The van der Waals surface area contributed by atoms with E-state index >= 15 is 0 Å². The fourth-order valence-corrected chi connectivity index (χ4v) is 2.06. The van der Waals surface area contributed by atoms with Crippen LogP contribution in [0, 0.1) is 6.92 Å². The first kappa shape index (κ1) is 9.68. The van der Waals surface area contributed by atoms with E-state index in [0.29, 0.717) is 0 Å². The number of unbranched alkanes of at least 4 members (excludes halogenated alkanes) is 1. The highest BCUT2D eigenvalue weighted by Crippen LogP contribution is 2.23. The lowest BCUT2D eigenvalue weighted by Crippen LogP contribution is -2.09. The Balaban J connectivity index is 2.52. The second-order valence-corrected chi connectivity index (χ2v) is 3.94. The van der Waals surface area contributed by atoms with E-state index in [1.54, 1.807) is 11.3 Å². The maximum atomic E-state index is 6.00. The molecule has 3 heteroatoms. The van der Waals surface area contributed by atoms with E-state index in [2.05, 4.69) is 11.9 Å². The summed E-state index contributed by atoms with van der Waals surface area (Å²) >= 11 is 1.67. The van der Waals surface area contributed by atoms with Crippen molar-refractivity contribution in [2.24, 2.45) is 5.73 Å². The van der Waals surface area contributed by atoms with E-state index in [9.17, 15) is 0 Å². The molecule has 1 unspecified atom stereocenters. The molecular weight excluding hydrogens is 168 g/mol. The number of nitrogens with zero attached hydrogens (tertiary/aromatic N) is 1. The molecule has 1 aromatic heterocycles. The van der Waals surface area contributed by atoms with Gasteiger partial charge in [0, 0.05) is 10.9 Å². The standard InChI is InChI=1S/C9H16N2S/c1-3-4-5-8(10)9-7(2)11-6-12-9/h6,8H,3-5,10H2,1-2H3. The average Bonchev–Trinajstić information content (AvgIpc) is 2.47. The number of thiazole rings is 1. The third-order valence-electron chi connectivity index (χ3n) is 1.99. The molecule has 2 N–H and O–H groups in total. The van der Waals surface area contributed by atoms with Crippen LogP contribution in [-0.2, 0) is 0 Å². The number of aryl methyl sites for hydroxylation is 1. The van der Waals surface area contributed by atoms with Gasteiger partial charge in [0.15, 0.2) is 0 Å². The van der Waals surface area contributed by atoms with Crippen molar-refractivity contribution >= 4 is 11.3 Å². The third kappa shape index (κ3) is 2.29. The van der Waals surface area contributed by atoms with E-state index in [-0.39, 0.29) is 6.04 Å². The predicted molar refractivity (Wildman–Crippen MR) is 53.3 cm³/mol. The molecule has 0 bridgehead atoms. The Morgan fingerprint density at radius 3 is 2.92 bits per heavy atom. The van der Waals surface area contributed by atoms with Gasteiger partial charge in [-0.15, -0.1) is 11.3 Å². The molecule has 1 rings (SSSR count). The Bertz CT molecular complexity index is 232.